The van der Waals surface area contributed by atoms with Crippen LogP contribution in [0.2, 0.25) is 0 Å². The number of ether oxygens (including phenoxy) is 1. The van der Waals surface area contributed by atoms with Crippen molar-refractivity contribution in [3.05, 3.63) is 77.9 Å². The predicted octanol–water partition coefficient (Wildman–Crippen LogP) is 6.27. The summed E-state index contributed by atoms with van der Waals surface area (Å²) in [5.74, 6) is 1.36. The number of aromatic nitrogens is 1. The zero-order valence-electron chi connectivity index (χ0n) is 17.3. The number of nitrogens with zero attached hydrogens (tertiary/aromatic N) is 1. The average molecular weight is 400 g/mol. The summed E-state index contributed by atoms with van der Waals surface area (Å²) in [5, 5.41) is 2.89. The van der Waals surface area contributed by atoms with E-state index in [2.05, 4.69) is 36.3 Å². The number of fused-ring (bicyclic) bond motifs is 1. The molecule has 5 nitrogen and oxygen atoms in total. The molecule has 4 aromatic rings. The quantitative estimate of drug-likeness (QED) is 0.414. The third-order valence-corrected chi connectivity index (χ3v) is 5.33. The van der Waals surface area contributed by atoms with Crippen LogP contribution in [0.15, 0.2) is 71.1 Å². The van der Waals surface area contributed by atoms with Gasteiger partial charge in [0.1, 0.15) is 11.3 Å². The lowest BCUT2D eigenvalue weighted by atomic mass is 9.98. The van der Waals surface area contributed by atoms with Crippen LogP contribution in [-0.4, -0.2) is 18.0 Å². The number of oxazole rings is 1. The molecule has 0 aliphatic rings. The molecule has 0 spiro atoms. The molecule has 1 atom stereocenters. The highest BCUT2D eigenvalue weighted by atomic mass is 16.5. The van der Waals surface area contributed by atoms with Crippen LogP contribution in [0.5, 0.6) is 5.75 Å². The van der Waals surface area contributed by atoms with E-state index < -0.39 is 0 Å². The molecule has 1 heterocycles. The van der Waals surface area contributed by atoms with Crippen molar-refractivity contribution in [1.82, 2.24) is 4.98 Å². The number of rotatable bonds is 6. The fraction of sp³-hybridized carbons (Fsp3) is 0.200. The molecule has 1 N–H and O–H groups in total. The van der Waals surface area contributed by atoms with Gasteiger partial charge in [-0.2, -0.15) is 0 Å². The fourth-order valence-corrected chi connectivity index (χ4v) is 3.34. The van der Waals surface area contributed by atoms with E-state index in [0.717, 1.165) is 23.1 Å². The van der Waals surface area contributed by atoms with Crippen LogP contribution < -0.4 is 10.1 Å². The van der Waals surface area contributed by atoms with Crippen molar-refractivity contribution in [2.75, 3.05) is 12.4 Å². The number of nitrogens with one attached hydrogen (secondary N) is 1. The lowest BCUT2D eigenvalue weighted by molar-refractivity contribution is 0.102. The van der Waals surface area contributed by atoms with Crippen LogP contribution in [0.4, 0.5) is 5.69 Å². The lowest BCUT2D eigenvalue weighted by Gasteiger charge is -2.09. The second-order valence-corrected chi connectivity index (χ2v) is 7.29. The number of hydrogen-bond acceptors (Lipinski definition) is 4. The van der Waals surface area contributed by atoms with Crippen LogP contribution in [0.1, 0.15) is 42.1 Å². The molecule has 152 valence electrons. The highest BCUT2D eigenvalue weighted by molar-refractivity contribution is 6.06. The fourth-order valence-electron chi connectivity index (χ4n) is 3.34. The standard InChI is InChI=1S/C25H24N2O3/c1-4-16(2)18-11-14-23-21(15-18)27-25(30-23)17-9-12-19(13-10-17)26-24(28)20-7-5-6-8-22(20)29-3/h5-16H,4H2,1-3H3,(H,26,28)/t16-/m1/s1. The molecule has 0 radical (unpaired) electrons. The molecule has 4 rings (SSSR count). The number of para-hydroxylation sites is 1. The minimum absolute atomic E-state index is 0.223. The molecule has 0 fully saturated rings. The summed E-state index contributed by atoms with van der Waals surface area (Å²) in [4.78, 5) is 17.2. The third kappa shape index (κ3) is 3.92. The Morgan fingerprint density at radius 3 is 2.60 bits per heavy atom. The second kappa shape index (κ2) is 8.41. The number of benzene rings is 3. The van der Waals surface area contributed by atoms with E-state index in [1.54, 1.807) is 25.3 Å². The van der Waals surface area contributed by atoms with Gasteiger partial charge < -0.3 is 14.5 Å². The normalized spacial score (nSPS) is 12.0. The van der Waals surface area contributed by atoms with E-state index in [1.165, 1.54) is 5.56 Å². The van der Waals surface area contributed by atoms with Gasteiger partial charge >= 0.3 is 0 Å². The van der Waals surface area contributed by atoms with Crippen molar-refractivity contribution in [2.45, 2.75) is 26.2 Å². The summed E-state index contributed by atoms with van der Waals surface area (Å²) in [5.41, 5.74) is 4.91. The first-order valence-electron chi connectivity index (χ1n) is 10.0. The molecular weight excluding hydrogens is 376 g/mol. The molecule has 0 saturated heterocycles. The zero-order valence-corrected chi connectivity index (χ0v) is 17.3. The van der Waals surface area contributed by atoms with Crippen LogP contribution in [0.25, 0.3) is 22.6 Å². The Morgan fingerprint density at radius 2 is 1.87 bits per heavy atom. The Labute approximate surface area is 175 Å². The van der Waals surface area contributed by atoms with Crippen molar-refractivity contribution >= 4 is 22.7 Å². The Balaban J connectivity index is 1.54. The van der Waals surface area contributed by atoms with E-state index in [1.807, 2.05) is 36.4 Å². The van der Waals surface area contributed by atoms with Crippen molar-refractivity contribution in [3.63, 3.8) is 0 Å². The van der Waals surface area contributed by atoms with Gasteiger partial charge in [-0.1, -0.05) is 32.0 Å². The first-order chi connectivity index (χ1) is 14.6. The van der Waals surface area contributed by atoms with Gasteiger partial charge in [0.2, 0.25) is 5.89 Å². The van der Waals surface area contributed by atoms with Gasteiger partial charge in [-0.3, -0.25) is 4.79 Å². The van der Waals surface area contributed by atoms with Crippen molar-refractivity contribution in [1.29, 1.82) is 0 Å². The first kappa shape index (κ1) is 19.7. The minimum atomic E-state index is -0.223. The summed E-state index contributed by atoms with van der Waals surface area (Å²) in [6.07, 6.45) is 1.08. The molecule has 1 amide bonds. The molecule has 0 aliphatic heterocycles. The molecule has 0 saturated carbocycles. The number of methoxy groups -OCH3 is 1. The van der Waals surface area contributed by atoms with Gasteiger partial charge in [0, 0.05) is 11.3 Å². The number of amides is 1. The van der Waals surface area contributed by atoms with E-state index in [0.29, 0.717) is 28.8 Å². The Morgan fingerprint density at radius 1 is 1.10 bits per heavy atom. The van der Waals surface area contributed by atoms with E-state index in [9.17, 15) is 4.79 Å². The average Bonchev–Trinajstić information content (AvgIpc) is 3.22. The van der Waals surface area contributed by atoms with Gasteiger partial charge in [-0.15, -0.1) is 0 Å². The molecule has 3 aromatic carbocycles. The SMILES string of the molecule is CC[C@@H](C)c1ccc2oc(-c3ccc(NC(=O)c4ccccc4OC)cc3)nc2c1. The molecule has 5 heteroatoms. The van der Waals surface area contributed by atoms with Crippen LogP contribution in [0.3, 0.4) is 0 Å². The van der Waals surface area contributed by atoms with Crippen LogP contribution in [-0.2, 0) is 0 Å². The summed E-state index contributed by atoms with van der Waals surface area (Å²) in [6, 6.07) is 20.7. The van der Waals surface area contributed by atoms with Gasteiger partial charge in [0.25, 0.3) is 5.91 Å². The maximum absolute atomic E-state index is 12.6. The van der Waals surface area contributed by atoms with Crippen molar-refractivity contribution in [2.24, 2.45) is 0 Å². The summed E-state index contributed by atoms with van der Waals surface area (Å²) in [7, 11) is 1.55. The van der Waals surface area contributed by atoms with E-state index >= 15 is 0 Å². The van der Waals surface area contributed by atoms with Crippen molar-refractivity contribution < 1.29 is 13.9 Å². The van der Waals surface area contributed by atoms with Crippen molar-refractivity contribution in [3.8, 4) is 17.2 Å². The smallest absolute Gasteiger partial charge is 0.259 e. The lowest BCUT2D eigenvalue weighted by Crippen LogP contribution is -2.12. The molecule has 0 unspecified atom stereocenters. The monoisotopic (exact) mass is 400 g/mol. The summed E-state index contributed by atoms with van der Waals surface area (Å²) in [6.45, 7) is 4.39. The Kier molecular flexibility index (Phi) is 5.53. The number of carbonyl (C=O) groups is 1. The molecular formula is C25H24N2O3. The molecule has 0 bridgehead atoms. The molecule has 30 heavy (non-hydrogen) atoms. The molecule has 1 aromatic heterocycles. The zero-order chi connectivity index (χ0) is 21.1. The number of anilines is 1. The maximum Gasteiger partial charge on any atom is 0.259 e. The van der Waals surface area contributed by atoms with Gasteiger partial charge in [-0.05, 0) is 66.4 Å². The van der Waals surface area contributed by atoms with E-state index in [4.69, 9.17) is 9.15 Å². The van der Waals surface area contributed by atoms with Gasteiger partial charge in [0.05, 0.1) is 12.7 Å². The Hall–Kier alpha value is -3.60. The highest BCUT2D eigenvalue weighted by Gasteiger charge is 2.13. The number of hydrogen-bond donors (Lipinski definition) is 1. The minimum Gasteiger partial charge on any atom is -0.496 e. The van der Waals surface area contributed by atoms with Crippen LogP contribution in [0, 0.1) is 0 Å². The summed E-state index contributed by atoms with van der Waals surface area (Å²) >= 11 is 0. The van der Waals surface area contributed by atoms with Gasteiger partial charge in [0.15, 0.2) is 5.58 Å². The predicted molar refractivity (Wildman–Crippen MR) is 119 cm³/mol. The second-order valence-electron chi connectivity index (χ2n) is 7.29. The largest absolute Gasteiger partial charge is 0.496 e. The first-order valence-corrected chi connectivity index (χ1v) is 10.0. The van der Waals surface area contributed by atoms with E-state index in [-0.39, 0.29) is 5.91 Å². The number of carbonyl (C=O) groups excluding carboxylic acids is 1. The Bertz CT molecular complexity index is 1180. The topological polar surface area (TPSA) is 64.4 Å². The van der Waals surface area contributed by atoms with Crippen LogP contribution >= 0.6 is 0 Å². The third-order valence-electron chi connectivity index (χ3n) is 5.33. The van der Waals surface area contributed by atoms with Gasteiger partial charge in [-0.25, -0.2) is 4.98 Å². The highest BCUT2D eigenvalue weighted by Crippen LogP contribution is 2.29. The maximum atomic E-state index is 12.6. The molecule has 0 aliphatic carbocycles. The summed E-state index contributed by atoms with van der Waals surface area (Å²) < 4.78 is 11.2.